The molecule has 0 amide bonds. The van der Waals surface area contributed by atoms with Crippen LogP contribution in [0.5, 0.6) is 0 Å². The summed E-state index contributed by atoms with van der Waals surface area (Å²) < 4.78 is 7.24. The molecular weight excluding hydrogens is 462 g/mol. The second-order valence-electron chi connectivity index (χ2n) is 7.82. The lowest BCUT2D eigenvalue weighted by atomic mass is 10.2. The molecule has 0 aliphatic carbocycles. The maximum absolute atomic E-state index is 11.1. The highest BCUT2D eigenvalue weighted by Gasteiger charge is 2.17. The molecule has 0 bridgehead atoms. The molecule has 1 aliphatic heterocycles. The molecule has 1 aliphatic rings. The Kier molecular flexibility index (Phi) is 6.76. The van der Waals surface area contributed by atoms with Gasteiger partial charge in [-0.05, 0) is 30.3 Å². The molecule has 0 saturated carbocycles. The molecule has 0 atom stereocenters. The topological polar surface area (TPSA) is 136 Å². The van der Waals surface area contributed by atoms with Gasteiger partial charge in [-0.3, -0.25) is 10.1 Å². The molecule has 12 heteroatoms. The minimum absolute atomic E-state index is 0.0153. The number of aromatic nitrogens is 4. The first kappa shape index (κ1) is 22.9. The fourth-order valence-electron chi connectivity index (χ4n) is 3.67. The third kappa shape index (κ3) is 5.45. The van der Waals surface area contributed by atoms with E-state index in [2.05, 4.69) is 30.8 Å². The van der Waals surface area contributed by atoms with Crippen LogP contribution >= 0.6 is 0 Å². The molecule has 1 fully saturated rings. The highest BCUT2D eigenvalue weighted by Crippen LogP contribution is 2.20. The normalized spacial score (nSPS) is 13.6. The number of hydrogen-bond acceptors (Lipinski definition) is 10. The number of nitrogens with zero attached hydrogens (tertiary/aromatic N) is 7. The maximum atomic E-state index is 11.1. The summed E-state index contributed by atoms with van der Waals surface area (Å²) in [6.07, 6.45) is 3.41. The van der Waals surface area contributed by atoms with Crippen LogP contribution in [0.3, 0.4) is 0 Å². The fourth-order valence-corrected chi connectivity index (χ4v) is 3.67. The summed E-state index contributed by atoms with van der Waals surface area (Å²) in [5.41, 5.74) is 5.12. The second kappa shape index (κ2) is 10.6. The van der Waals surface area contributed by atoms with Gasteiger partial charge in [0.25, 0.3) is 5.69 Å². The Bertz CT molecular complexity index is 1370. The monoisotopic (exact) mass is 485 g/mol. The van der Waals surface area contributed by atoms with E-state index in [1.807, 2.05) is 53.6 Å². The zero-order chi connectivity index (χ0) is 24.7. The second-order valence-corrected chi connectivity index (χ2v) is 7.82. The molecule has 12 nitrogen and oxygen atoms in total. The van der Waals surface area contributed by atoms with Gasteiger partial charge < -0.3 is 19.5 Å². The first-order valence-corrected chi connectivity index (χ1v) is 11.3. The number of hydrazone groups is 1. The van der Waals surface area contributed by atoms with Crippen molar-refractivity contribution in [1.29, 1.82) is 0 Å². The van der Waals surface area contributed by atoms with Gasteiger partial charge in [0.2, 0.25) is 17.8 Å². The molecule has 0 unspecified atom stereocenters. The summed E-state index contributed by atoms with van der Waals surface area (Å²) in [4.78, 5) is 26.3. The zero-order valence-corrected chi connectivity index (χ0v) is 19.2. The quantitative estimate of drug-likeness (QED) is 0.218. The number of anilines is 4. The molecule has 0 spiro atoms. The van der Waals surface area contributed by atoms with Gasteiger partial charge in [0.05, 0.1) is 35.7 Å². The number of para-hydroxylation sites is 1. The summed E-state index contributed by atoms with van der Waals surface area (Å²) in [6.45, 7) is 2.55. The Hall–Kier alpha value is -4.84. The van der Waals surface area contributed by atoms with Crippen LogP contribution < -0.4 is 15.6 Å². The molecular formula is C24H23N9O3. The lowest BCUT2D eigenvalue weighted by Crippen LogP contribution is -2.37. The Balaban J connectivity index is 1.38. The number of nitrogens with one attached hydrogen (secondary N) is 2. The third-order valence-corrected chi connectivity index (χ3v) is 5.41. The van der Waals surface area contributed by atoms with E-state index in [4.69, 9.17) is 4.74 Å². The fraction of sp³-hybridized carbons (Fsp3) is 0.167. The number of non-ortho nitro benzene ring substituents is 1. The van der Waals surface area contributed by atoms with Gasteiger partial charge in [-0.1, -0.05) is 24.3 Å². The minimum Gasteiger partial charge on any atom is -0.378 e. The Morgan fingerprint density at radius 3 is 2.58 bits per heavy atom. The summed E-state index contributed by atoms with van der Waals surface area (Å²) in [7, 11) is 0. The van der Waals surface area contributed by atoms with Crippen molar-refractivity contribution < 1.29 is 9.66 Å². The van der Waals surface area contributed by atoms with Crippen molar-refractivity contribution in [2.75, 3.05) is 41.9 Å². The lowest BCUT2D eigenvalue weighted by molar-refractivity contribution is -0.384. The predicted octanol–water partition coefficient (Wildman–Crippen LogP) is 3.60. The Morgan fingerprint density at radius 1 is 0.972 bits per heavy atom. The Morgan fingerprint density at radius 2 is 1.78 bits per heavy atom. The van der Waals surface area contributed by atoms with Gasteiger partial charge in [-0.25, -0.2) is 5.43 Å². The number of hydrogen-bond donors (Lipinski definition) is 2. The number of nitro groups is 1. The van der Waals surface area contributed by atoms with Crippen molar-refractivity contribution in [3.63, 3.8) is 0 Å². The molecule has 182 valence electrons. The lowest BCUT2D eigenvalue weighted by Gasteiger charge is -2.27. The molecule has 5 rings (SSSR count). The average Bonchev–Trinajstić information content (AvgIpc) is 3.38. The third-order valence-electron chi connectivity index (χ3n) is 5.41. The molecule has 2 aromatic carbocycles. The molecule has 4 aromatic rings. The van der Waals surface area contributed by atoms with Crippen LogP contribution in [0.15, 0.2) is 78.0 Å². The van der Waals surface area contributed by atoms with Crippen molar-refractivity contribution in [2.24, 2.45) is 5.10 Å². The smallest absolute Gasteiger partial charge is 0.271 e. The van der Waals surface area contributed by atoms with Gasteiger partial charge in [0, 0.05) is 37.1 Å². The molecule has 36 heavy (non-hydrogen) atoms. The highest BCUT2D eigenvalue weighted by molar-refractivity contribution is 5.79. The minimum atomic E-state index is -0.420. The van der Waals surface area contributed by atoms with Crippen LogP contribution in [0.25, 0.3) is 5.69 Å². The van der Waals surface area contributed by atoms with Gasteiger partial charge in [0.15, 0.2) is 0 Å². The van der Waals surface area contributed by atoms with Gasteiger partial charge in [-0.15, -0.1) is 0 Å². The Labute approximate surface area is 206 Å². The van der Waals surface area contributed by atoms with E-state index in [1.54, 1.807) is 22.9 Å². The number of morpholine rings is 1. The van der Waals surface area contributed by atoms with Crippen LogP contribution in [0.1, 0.15) is 5.69 Å². The summed E-state index contributed by atoms with van der Waals surface area (Å²) in [5.74, 6) is 1.18. The standard InChI is InChI=1S/C24H23N9O3/c34-33(35)20-9-4-8-19(16-20)32-11-5-10-21(32)17-25-30-23-27-22(26-18-6-2-1-3-7-18)28-24(29-23)31-12-14-36-15-13-31/h1-11,16-17H,12-15H2,(H2,26,27,28,29,30)/b25-17+. The van der Waals surface area contributed by atoms with Crippen LogP contribution in [0.2, 0.25) is 0 Å². The largest absolute Gasteiger partial charge is 0.378 e. The highest BCUT2D eigenvalue weighted by atomic mass is 16.6. The predicted molar refractivity (Wildman–Crippen MR) is 136 cm³/mol. The van der Waals surface area contributed by atoms with E-state index in [-0.39, 0.29) is 11.6 Å². The van der Waals surface area contributed by atoms with E-state index in [1.165, 1.54) is 12.1 Å². The zero-order valence-electron chi connectivity index (χ0n) is 19.2. The van der Waals surface area contributed by atoms with Crippen molar-refractivity contribution in [2.45, 2.75) is 0 Å². The molecule has 2 N–H and O–H groups in total. The van der Waals surface area contributed by atoms with Crippen molar-refractivity contribution in [3.8, 4) is 5.69 Å². The van der Waals surface area contributed by atoms with E-state index in [0.29, 0.717) is 49.6 Å². The van der Waals surface area contributed by atoms with E-state index < -0.39 is 4.92 Å². The summed E-state index contributed by atoms with van der Waals surface area (Å²) in [5, 5.41) is 18.7. The first-order chi connectivity index (χ1) is 17.7. The number of benzene rings is 2. The van der Waals surface area contributed by atoms with Crippen LogP contribution in [-0.4, -0.2) is 57.0 Å². The van der Waals surface area contributed by atoms with Crippen molar-refractivity contribution >= 4 is 35.4 Å². The van der Waals surface area contributed by atoms with Crippen LogP contribution in [0, 0.1) is 10.1 Å². The van der Waals surface area contributed by atoms with Gasteiger partial charge in [-0.2, -0.15) is 20.1 Å². The maximum Gasteiger partial charge on any atom is 0.271 e. The van der Waals surface area contributed by atoms with E-state index in [9.17, 15) is 10.1 Å². The summed E-state index contributed by atoms with van der Waals surface area (Å²) >= 11 is 0. The number of nitro benzene ring substituents is 1. The summed E-state index contributed by atoms with van der Waals surface area (Å²) in [6, 6.07) is 19.7. The number of ether oxygens (including phenoxy) is 1. The SMILES string of the molecule is O=[N+]([O-])c1cccc(-n2cccc2/C=N/Nc2nc(Nc3ccccc3)nc(N3CCOCC3)n2)c1. The molecule has 0 radical (unpaired) electrons. The van der Waals surface area contributed by atoms with Crippen molar-refractivity contribution in [1.82, 2.24) is 19.5 Å². The van der Waals surface area contributed by atoms with Crippen LogP contribution in [-0.2, 0) is 4.74 Å². The van der Waals surface area contributed by atoms with Crippen molar-refractivity contribution in [3.05, 3.63) is 88.7 Å². The molecule has 1 saturated heterocycles. The average molecular weight is 486 g/mol. The van der Waals surface area contributed by atoms with E-state index in [0.717, 1.165) is 5.69 Å². The first-order valence-electron chi connectivity index (χ1n) is 11.3. The van der Waals surface area contributed by atoms with Gasteiger partial charge in [0.1, 0.15) is 0 Å². The molecule has 2 aromatic heterocycles. The van der Waals surface area contributed by atoms with Gasteiger partial charge >= 0.3 is 0 Å². The van der Waals surface area contributed by atoms with E-state index >= 15 is 0 Å². The number of rotatable bonds is 8. The molecule has 3 heterocycles. The van der Waals surface area contributed by atoms with Crippen LogP contribution in [0.4, 0.5) is 29.2 Å².